The summed E-state index contributed by atoms with van der Waals surface area (Å²) in [4.78, 5) is 8.48. The van der Waals surface area contributed by atoms with Crippen LogP contribution in [-0.2, 0) is 6.42 Å². The first-order valence-corrected chi connectivity index (χ1v) is 5.60. The largest absolute Gasteiger partial charge is 0.307 e. The van der Waals surface area contributed by atoms with E-state index >= 15 is 0 Å². The van der Waals surface area contributed by atoms with Gasteiger partial charge in [-0.1, -0.05) is 6.07 Å². The average molecular weight is 215 g/mol. The lowest BCUT2D eigenvalue weighted by Gasteiger charge is -1.99. The smallest absolute Gasteiger partial charge is 0.136 e. The predicted molar refractivity (Wildman–Crippen MR) is 60.1 cm³/mol. The molecule has 0 spiro atoms. The molecule has 3 heterocycles. The maximum Gasteiger partial charge on any atom is 0.136 e. The van der Waals surface area contributed by atoms with E-state index in [1.165, 1.54) is 5.56 Å². The van der Waals surface area contributed by atoms with Crippen molar-refractivity contribution in [3.05, 3.63) is 52.9 Å². The van der Waals surface area contributed by atoms with Crippen LogP contribution in [0.4, 0.5) is 0 Å². The van der Waals surface area contributed by atoms with Gasteiger partial charge in [-0.15, -0.1) is 11.3 Å². The van der Waals surface area contributed by atoms with Gasteiger partial charge in [0.25, 0.3) is 0 Å². The monoisotopic (exact) mass is 215 g/mol. The summed E-state index contributed by atoms with van der Waals surface area (Å²) in [6.45, 7) is 0. The summed E-state index contributed by atoms with van der Waals surface area (Å²) in [5.74, 6) is 0. The summed E-state index contributed by atoms with van der Waals surface area (Å²) in [7, 11) is 0. The molecule has 15 heavy (non-hydrogen) atoms. The molecule has 3 nitrogen and oxygen atoms in total. The first kappa shape index (κ1) is 8.61. The molecule has 3 aromatic heterocycles. The number of imidazole rings is 1. The highest BCUT2D eigenvalue weighted by molar-refractivity contribution is 7.09. The molecular formula is C11H9N3S. The third-order valence-corrected chi connectivity index (χ3v) is 3.07. The second-order valence-corrected chi connectivity index (χ2v) is 4.31. The van der Waals surface area contributed by atoms with E-state index in [4.69, 9.17) is 0 Å². The molecule has 0 atom stereocenters. The van der Waals surface area contributed by atoms with Crippen molar-refractivity contribution >= 4 is 17.0 Å². The SMILES string of the molecule is c1csc(Cc2ccc3nccn3c2)n1. The van der Waals surface area contributed by atoms with Crippen LogP contribution < -0.4 is 0 Å². The summed E-state index contributed by atoms with van der Waals surface area (Å²) in [5.41, 5.74) is 2.24. The van der Waals surface area contributed by atoms with E-state index in [1.807, 2.05) is 34.4 Å². The first-order valence-electron chi connectivity index (χ1n) is 4.72. The quantitative estimate of drug-likeness (QED) is 0.657. The van der Waals surface area contributed by atoms with Gasteiger partial charge in [-0.2, -0.15) is 0 Å². The fourth-order valence-corrected chi connectivity index (χ4v) is 2.24. The van der Waals surface area contributed by atoms with E-state index in [1.54, 1.807) is 11.3 Å². The molecule has 0 fully saturated rings. The number of hydrogen-bond acceptors (Lipinski definition) is 3. The summed E-state index contributed by atoms with van der Waals surface area (Å²) in [6, 6.07) is 4.13. The lowest BCUT2D eigenvalue weighted by Crippen LogP contribution is -1.90. The van der Waals surface area contributed by atoms with Gasteiger partial charge >= 0.3 is 0 Å². The molecule has 0 aliphatic rings. The maximum absolute atomic E-state index is 4.27. The van der Waals surface area contributed by atoms with E-state index in [-0.39, 0.29) is 0 Å². The van der Waals surface area contributed by atoms with Gasteiger partial charge in [0.05, 0.1) is 5.01 Å². The highest BCUT2D eigenvalue weighted by atomic mass is 32.1. The normalized spacial score (nSPS) is 10.9. The van der Waals surface area contributed by atoms with Gasteiger partial charge in [0.15, 0.2) is 0 Å². The van der Waals surface area contributed by atoms with E-state index in [2.05, 4.69) is 22.2 Å². The molecule has 4 heteroatoms. The number of fused-ring (bicyclic) bond motifs is 1. The topological polar surface area (TPSA) is 30.2 Å². The molecule has 0 saturated carbocycles. The summed E-state index contributed by atoms with van der Waals surface area (Å²) in [5, 5.41) is 3.15. The Morgan fingerprint density at radius 3 is 3.07 bits per heavy atom. The Morgan fingerprint density at radius 2 is 2.20 bits per heavy atom. The van der Waals surface area contributed by atoms with Gasteiger partial charge in [-0.3, -0.25) is 0 Å². The molecule has 0 unspecified atom stereocenters. The highest BCUT2D eigenvalue weighted by Crippen LogP contribution is 2.12. The van der Waals surface area contributed by atoms with E-state index in [0.717, 1.165) is 17.1 Å². The van der Waals surface area contributed by atoms with Gasteiger partial charge in [-0.25, -0.2) is 9.97 Å². The lowest BCUT2D eigenvalue weighted by molar-refractivity contribution is 1.08. The first-order chi connectivity index (χ1) is 7.42. The molecule has 3 rings (SSSR count). The predicted octanol–water partition coefficient (Wildman–Crippen LogP) is 2.38. The highest BCUT2D eigenvalue weighted by Gasteiger charge is 2.00. The molecular weight excluding hydrogens is 206 g/mol. The van der Waals surface area contributed by atoms with Crippen molar-refractivity contribution in [2.75, 3.05) is 0 Å². The van der Waals surface area contributed by atoms with Crippen LogP contribution in [0.25, 0.3) is 5.65 Å². The number of aromatic nitrogens is 3. The van der Waals surface area contributed by atoms with Crippen LogP contribution in [0, 0.1) is 0 Å². The van der Waals surface area contributed by atoms with Crippen LogP contribution in [0.1, 0.15) is 10.6 Å². The van der Waals surface area contributed by atoms with Crippen LogP contribution in [0.5, 0.6) is 0 Å². The molecule has 0 bridgehead atoms. The van der Waals surface area contributed by atoms with E-state index in [0.29, 0.717) is 0 Å². The minimum atomic E-state index is 0.895. The number of hydrogen-bond donors (Lipinski definition) is 0. The van der Waals surface area contributed by atoms with Crippen LogP contribution in [-0.4, -0.2) is 14.4 Å². The Bertz CT molecular complexity index is 568. The summed E-state index contributed by atoms with van der Waals surface area (Å²) < 4.78 is 2.03. The van der Waals surface area contributed by atoms with Crippen LogP contribution in [0.3, 0.4) is 0 Å². The summed E-state index contributed by atoms with van der Waals surface area (Å²) in [6.07, 6.45) is 8.61. The number of rotatable bonds is 2. The number of thiazole rings is 1. The molecule has 0 aromatic carbocycles. The van der Waals surface area contributed by atoms with Crippen molar-refractivity contribution < 1.29 is 0 Å². The van der Waals surface area contributed by atoms with Crippen molar-refractivity contribution in [2.45, 2.75) is 6.42 Å². The standard InChI is InChI=1S/C11H9N3S/c1-2-10-12-3-5-14(10)8-9(1)7-11-13-4-6-15-11/h1-6,8H,7H2. The zero-order valence-electron chi connectivity index (χ0n) is 8.00. The zero-order valence-corrected chi connectivity index (χ0v) is 8.81. The number of nitrogens with zero attached hydrogens (tertiary/aromatic N) is 3. The van der Waals surface area contributed by atoms with Gasteiger partial charge in [-0.05, 0) is 11.6 Å². The fourth-order valence-electron chi connectivity index (χ4n) is 1.59. The lowest BCUT2D eigenvalue weighted by atomic mass is 10.2. The van der Waals surface area contributed by atoms with Gasteiger partial charge in [0.2, 0.25) is 0 Å². The Kier molecular flexibility index (Phi) is 1.99. The van der Waals surface area contributed by atoms with Gasteiger partial charge in [0.1, 0.15) is 5.65 Å². The van der Waals surface area contributed by atoms with Crippen molar-refractivity contribution in [3.8, 4) is 0 Å². The number of pyridine rings is 1. The third-order valence-electron chi connectivity index (χ3n) is 2.29. The van der Waals surface area contributed by atoms with Crippen LogP contribution >= 0.6 is 11.3 Å². The molecule has 0 aliphatic carbocycles. The Balaban J connectivity index is 1.97. The average Bonchev–Trinajstić information content (AvgIpc) is 2.87. The van der Waals surface area contributed by atoms with E-state index in [9.17, 15) is 0 Å². The van der Waals surface area contributed by atoms with E-state index < -0.39 is 0 Å². The molecule has 0 N–H and O–H groups in total. The Morgan fingerprint density at radius 1 is 1.20 bits per heavy atom. The minimum absolute atomic E-state index is 0.895. The van der Waals surface area contributed by atoms with Crippen molar-refractivity contribution in [1.82, 2.24) is 14.4 Å². The fraction of sp³-hybridized carbons (Fsp3) is 0.0909. The van der Waals surface area contributed by atoms with Crippen LogP contribution in [0.2, 0.25) is 0 Å². The second kappa shape index (κ2) is 3.47. The van der Waals surface area contributed by atoms with Crippen LogP contribution in [0.15, 0.2) is 42.3 Å². The van der Waals surface area contributed by atoms with Crippen molar-refractivity contribution in [3.63, 3.8) is 0 Å². The van der Waals surface area contributed by atoms with Gasteiger partial charge < -0.3 is 4.40 Å². The Hall–Kier alpha value is -1.68. The maximum atomic E-state index is 4.27. The third kappa shape index (κ3) is 1.64. The summed E-state index contributed by atoms with van der Waals surface area (Å²) >= 11 is 1.69. The molecule has 0 aliphatic heterocycles. The van der Waals surface area contributed by atoms with Crippen molar-refractivity contribution in [1.29, 1.82) is 0 Å². The molecule has 0 saturated heterocycles. The molecule has 3 aromatic rings. The van der Waals surface area contributed by atoms with Crippen molar-refractivity contribution in [2.24, 2.45) is 0 Å². The molecule has 0 amide bonds. The second-order valence-electron chi connectivity index (χ2n) is 3.33. The van der Waals surface area contributed by atoms with Gasteiger partial charge in [0, 0.05) is 36.6 Å². The Labute approximate surface area is 91.1 Å². The molecule has 74 valence electrons. The minimum Gasteiger partial charge on any atom is -0.307 e. The zero-order chi connectivity index (χ0) is 10.1. The molecule has 0 radical (unpaired) electrons.